The first-order chi connectivity index (χ1) is 10.4. The fourth-order valence-corrected chi connectivity index (χ4v) is 5.01. The first kappa shape index (κ1) is 15.0. The molecule has 1 aromatic heterocycles. The standard InChI is InChI=1S/C14H13FN2O3S2/c1-9-8-17(22(19,20)13-3-2-6-21-13)12-7-10(15)4-5-11(12)14(18)16-9/h2-7,9H,8H2,1H3,(H,16,18)/t9-/m0/s1. The Morgan fingerprint density at radius 1 is 1.36 bits per heavy atom. The summed E-state index contributed by atoms with van der Waals surface area (Å²) in [5.74, 6) is -1.00. The van der Waals surface area contributed by atoms with Gasteiger partial charge in [-0.15, -0.1) is 11.3 Å². The molecule has 1 aliphatic heterocycles. The predicted molar refractivity (Wildman–Crippen MR) is 82.2 cm³/mol. The Balaban J connectivity index is 2.20. The minimum absolute atomic E-state index is 0.0441. The molecule has 116 valence electrons. The molecular formula is C14H13FN2O3S2. The van der Waals surface area contributed by atoms with E-state index in [-0.39, 0.29) is 22.0 Å². The molecule has 0 aliphatic carbocycles. The number of sulfonamides is 1. The maximum Gasteiger partial charge on any atom is 0.273 e. The molecule has 0 fully saturated rings. The van der Waals surface area contributed by atoms with E-state index in [1.165, 1.54) is 12.1 Å². The third-order valence-corrected chi connectivity index (χ3v) is 6.48. The van der Waals surface area contributed by atoms with Gasteiger partial charge in [0.2, 0.25) is 0 Å². The summed E-state index contributed by atoms with van der Waals surface area (Å²) >= 11 is 1.08. The molecule has 5 nitrogen and oxygen atoms in total. The molecule has 2 aromatic rings. The lowest BCUT2D eigenvalue weighted by atomic mass is 10.1. The molecule has 1 amide bonds. The predicted octanol–water partition coefficient (Wildman–Crippen LogP) is 2.21. The molecule has 0 spiro atoms. The van der Waals surface area contributed by atoms with Crippen molar-refractivity contribution in [3.8, 4) is 0 Å². The van der Waals surface area contributed by atoms with Crippen molar-refractivity contribution in [1.82, 2.24) is 5.32 Å². The molecule has 2 heterocycles. The summed E-state index contributed by atoms with van der Waals surface area (Å²) in [6.45, 7) is 1.75. The van der Waals surface area contributed by atoms with Crippen molar-refractivity contribution in [2.75, 3.05) is 10.8 Å². The fourth-order valence-electron chi connectivity index (χ4n) is 2.34. The SMILES string of the molecule is C[C@H]1CN(S(=O)(=O)c2cccs2)c2cc(F)ccc2C(=O)N1. The number of thiophene rings is 1. The van der Waals surface area contributed by atoms with Crippen molar-refractivity contribution < 1.29 is 17.6 Å². The summed E-state index contributed by atoms with van der Waals surface area (Å²) < 4.78 is 40.5. The number of carbonyl (C=O) groups is 1. The largest absolute Gasteiger partial charge is 0.348 e. The van der Waals surface area contributed by atoms with Gasteiger partial charge in [-0.3, -0.25) is 9.10 Å². The van der Waals surface area contributed by atoms with E-state index in [0.717, 1.165) is 27.8 Å². The van der Waals surface area contributed by atoms with Crippen molar-refractivity contribution in [3.05, 3.63) is 47.1 Å². The molecule has 1 aromatic carbocycles. The lowest BCUT2D eigenvalue weighted by molar-refractivity contribution is 0.0945. The lowest BCUT2D eigenvalue weighted by Crippen LogP contribution is -2.40. The number of halogens is 1. The van der Waals surface area contributed by atoms with Crippen LogP contribution in [0.4, 0.5) is 10.1 Å². The Kier molecular flexibility index (Phi) is 3.65. The van der Waals surface area contributed by atoms with E-state index in [2.05, 4.69) is 5.32 Å². The van der Waals surface area contributed by atoms with Crippen LogP contribution < -0.4 is 9.62 Å². The van der Waals surface area contributed by atoms with Gasteiger partial charge in [-0.1, -0.05) is 6.07 Å². The number of hydrogen-bond donors (Lipinski definition) is 1. The van der Waals surface area contributed by atoms with Crippen molar-refractivity contribution in [2.24, 2.45) is 0 Å². The highest BCUT2D eigenvalue weighted by molar-refractivity contribution is 7.94. The van der Waals surface area contributed by atoms with Crippen LogP contribution in [0.15, 0.2) is 39.9 Å². The van der Waals surface area contributed by atoms with E-state index in [1.54, 1.807) is 18.4 Å². The van der Waals surface area contributed by atoms with Crippen LogP contribution in [0.5, 0.6) is 0 Å². The van der Waals surface area contributed by atoms with Crippen molar-refractivity contribution >= 4 is 33.0 Å². The van der Waals surface area contributed by atoms with Gasteiger partial charge in [0.1, 0.15) is 10.0 Å². The Hall–Kier alpha value is -1.93. The average Bonchev–Trinajstić information content (AvgIpc) is 2.95. The van der Waals surface area contributed by atoms with Crippen molar-refractivity contribution in [3.63, 3.8) is 0 Å². The Labute approximate surface area is 131 Å². The zero-order valence-electron chi connectivity index (χ0n) is 11.6. The van der Waals surface area contributed by atoms with E-state index in [4.69, 9.17) is 0 Å². The number of nitrogens with one attached hydrogen (secondary N) is 1. The summed E-state index contributed by atoms with van der Waals surface area (Å²) in [4.78, 5) is 12.1. The second-order valence-corrected chi connectivity index (χ2v) is 8.04. The molecule has 1 aliphatic rings. The highest BCUT2D eigenvalue weighted by Crippen LogP contribution is 2.31. The number of amides is 1. The average molecular weight is 340 g/mol. The zero-order valence-corrected chi connectivity index (χ0v) is 13.2. The molecule has 0 saturated heterocycles. The molecule has 1 N–H and O–H groups in total. The monoisotopic (exact) mass is 340 g/mol. The third kappa shape index (κ3) is 2.48. The van der Waals surface area contributed by atoms with Crippen LogP contribution in [0.25, 0.3) is 0 Å². The number of benzene rings is 1. The number of nitrogens with zero attached hydrogens (tertiary/aromatic N) is 1. The molecule has 0 saturated carbocycles. The van der Waals surface area contributed by atoms with Gasteiger partial charge in [0.05, 0.1) is 17.8 Å². The van der Waals surface area contributed by atoms with Gasteiger partial charge in [0.25, 0.3) is 15.9 Å². The van der Waals surface area contributed by atoms with Gasteiger partial charge in [-0.05, 0) is 36.6 Å². The molecule has 0 radical (unpaired) electrons. The second kappa shape index (κ2) is 5.36. The van der Waals surface area contributed by atoms with Gasteiger partial charge >= 0.3 is 0 Å². The quantitative estimate of drug-likeness (QED) is 0.911. The number of carbonyl (C=O) groups excluding carboxylic acids is 1. The van der Waals surface area contributed by atoms with E-state index < -0.39 is 27.8 Å². The number of rotatable bonds is 2. The number of anilines is 1. The lowest BCUT2D eigenvalue weighted by Gasteiger charge is -2.24. The minimum Gasteiger partial charge on any atom is -0.348 e. The van der Waals surface area contributed by atoms with Gasteiger partial charge in [0.15, 0.2) is 0 Å². The van der Waals surface area contributed by atoms with E-state index in [1.807, 2.05) is 0 Å². The van der Waals surface area contributed by atoms with Crippen LogP contribution >= 0.6 is 11.3 Å². The molecule has 8 heteroatoms. The van der Waals surface area contributed by atoms with Crippen molar-refractivity contribution in [1.29, 1.82) is 0 Å². The molecular weight excluding hydrogens is 327 g/mol. The second-order valence-electron chi connectivity index (χ2n) is 5.00. The zero-order chi connectivity index (χ0) is 15.9. The van der Waals surface area contributed by atoms with Crippen LogP contribution in [0.1, 0.15) is 17.3 Å². The summed E-state index contributed by atoms with van der Waals surface area (Å²) in [6.07, 6.45) is 0. The summed E-state index contributed by atoms with van der Waals surface area (Å²) in [5.41, 5.74) is 0.209. The van der Waals surface area contributed by atoms with Crippen LogP contribution in [0.3, 0.4) is 0 Å². The van der Waals surface area contributed by atoms with Crippen LogP contribution in [0.2, 0.25) is 0 Å². The Bertz CT molecular complexity index is 819. The molecule has 0 unspecified atom stereocenters. The highest BCUT2D eigenvalue weighted by atomic mass is 32.2. The summed E-state index contributed by atoms with van der Waals surface area (Å²) in [5, 5.41) is 4.36. The van der Waals surface area contributed by atoms with Gasteiger partial charge in [-0.2, -0.15) is 0 Å². The summed E-state index contributed by atoms with van der Waals surface area (Å²) in [6, 6.07) is 6.26. The maximum absolute atomic E-state index is 13.6. The molecule has 1 atom stereocenters. The molecule has 3 rings (SSSR count). The smallest absolute Gasteiger partial charge is 0.273 e. The normalized spacial score (nSPS) is 18.5. The van der Waals surface area contributed by atoms with Gasteiger partial charge < -0.3 is 5.32 Å². The minimum atomic E-state index is -3.84. The highest BCUT2D eigenvalue weighted by Gasteiger charge is 2.33. The van der Waals surface area contributed by atoms with Gasteiger partial charge in [0, 0.05) is 6.04 Å². The van der Waals surface area contributed by atoms with E-state index in [0.29, 0.717) is 0 Å². The van der Waals surface area contributed by atoms with Crippen LogP contribution in [-0.2, 0) is 10.0 Å². The number of fused-ring (bicyclic) bond motifs is 1. The van der Waals surface area contributed by atoms with E-state index >= 15 is 0 Å². The van der Waals surface area contributed by atoms with Crippen LogP contribution in [-0.4, -0.2) is 26.9 Å². The van der Waals surface area contributed by atoms with Crippen molar-refractivity contribution in [2.45, 2.75) is 17.2 Å². The number of hydrogen-bond acceptors (Lipinski definition) is 4. The Morgan fingerprint density at radius 2 is 2.14 bits per heavy atom. The van der Waals surface area contributed by atoms with E-state index in [9.17, 15) is 17.6 Å². The molecule has 22 heavy (non-hydrogen) atoms. The summed E-state index contributed by atoms with van der Waals surface area (Å²) in [7, 11) is -3.84. The first-order valence-electron chi connectivity index (χ1n) is 6.56. The maximum atomic E-state index is 13.6. The molecule has 0 bridgehead atoms. The van der Waals surface area contributed by atoms with Crippen LogP contribution in [0, 0.1) is 5.82 Å². The fraction of sp³-hybridized carbons (Fsp3) is 0.214. The van der Waals surface area contributed by atoms with Gasteiger partial charge in [-0.25, -0.2) is 12.8 Å². The topological polar surface area (TPSA) is 66.5 Å². The third-order valence-electron chi connectivity index (χ3n) is 3.33. The Morgan fingerprint density at radius 3 is 2.82 bits per heavy atom. The first-order valence-corrected chi connectivity index (χ1v) is 8.88.